The number of aliphatic imine (C=N–C) groups is 2. The number of aliphatic carboxylic acids is 1. The summed E-state index contributed by atoms with van der Waals surface area (Å²) in [5.41, 5.74) is 27.6. The number of sulfonamides is 3. The Morgan fingerprint density at radius 1 is 0.453 bits per heavy atom. The molecule has 6 aromatic carbocycles. The van der Waals surface area contributed by atoms with Crippen LogP contribution in [0.25, 0.3) is 32.3 Å². The minimum absolute atomic E-state index is 0.0970. The standard InChI is InChI=1S/C20H20ClN5O4S.C20H22ClN5O2S.C19H18Cl2N2O2S/c1-12-2-4-13(5-3-12)10-26(11-18(27)28)31(29,30)14-6-7-15-16(8-14)19(25-20(22)23)24-9-17(15)21;1-3-26(12-14-6-4-13(2)5-7-14)29(27,28)15-8-9-16-17(10-15)19(25-20(22)23)24-11-18(16)21;1-3-23(12-14-6-4-13(2)5-7-14)26(24,25)15-8-9-16-17(10-15)19(21)22-11-18(16)20/h2-9H,10-11H2,1H3,(H,27,28)(H4,22,23,24,25);4-11H,3,12H2,1-2H3,(H4,22,23,24,25);4-11H,3,12H2,1-2H3. The average molecular weight is 1300 g/mol. The Kier molecular flexibility index (Phi) is 21.7. The van der Waals surface area contributed by atoms with Gasteiger partial charge >= 0.3 is 5.97 Å². The third-order valence-electron chi connectivity index (χ3n) is 13.2. The predicted molar refractivity (Wildman–Crippen MR) is 342 cm³/mol. The number of benzene rings is 6. The molecule has 3 aromatic heterocycles. The minimum Gasteiger partial charge on any atom is -0.480 e. The van der Waals surface area contributed by atoms with Crippen molar-refractivity contribution in [2.75, 3.05) is 19.6 Å². The van der Waals surface area contributed by atoms with Gasteiger partial charge in [0.05, 0.1) is 29.8 Å². The molecule has 0 aliphatic carbocycles. The molecule has 20 nitrogen and oxygen atoms in total. The molecule has 0 bridgehead atoms. The molecule has 0 aliphatic rings. The van der Waals surface area contributed by atoms with Gasteiger partial charge in [-0.25, -0.2) is 40.2 Å². The Morgan fingerprint density at radius 3 is 1.08 bits per heavy atom. The van der Waals surface area contributed by atoms with E-state index in [9.17, 15) is 35.2 Å². The van der Waals surface area contributed by atoms with Gasteiger partial charge in [0.2, 0.25) is 30.1 Å². The van der Waals surface area contributed by atoms with Crippen LogP contribution in [0.5, 0.6) is 0 Å². The smallest absolute Gasteiger partial charge is 0.318 e. The van der Waals surface area contributed by atoms with Crippen molar-refractivity contribution in [1.82, 2.24) is 27.9 Å². The summed E-state index contributed by atoms with van der Waals surface area (Å²) in [5.74, 6) is -1.40. The van der Waals surface area contributed by atoms with Gasteiger partial charge < -0.3 is 28.0 Å². The van der Waals surface area contributed by atoms with Crippen molar-refractivity contribution in [2.45, 2.75) is 68.9 Å². The molecule has 9 aromatic rings. The number of hydrogen-bond acceptors (Lipinski definition) is 12. The van der Waals surface area contributed by atoms with Gasteiger partial charge in [-0.3, -0.25) is 4.79 Å². The van der Waals surface area contributed by atoms with Crippen LogP contribution in [0.1, 0.15) is 47.2 Å². The molecule has 9 rings (SSSR count). The number of halogens is 4. The van der Waals surface area contributed by atoms with Crippen LogP contribution < -0.4 is 22.9 Å². The summed E-state index contributed by atoms with van der Waals surface area (Å²) in [7, 11) is -11.6. The molecule has 0 saturated carbocycles. The van der Waals surface area contributed by atoms with Gasteiger partial charge in [-0.05, 0) is 73.9 Å². The summed E-state index contributed by atoms with van der Waals surface area (Å²) in [6.07, 6.45) is 4.24. The maximum atomic E-state index is 13.3. The fraction of sp³-hybridized carbons (Fsp3) is 0.186. The first-order valence-electron chi connectivity index (χ1n) is 26.1. The van der Waals surface area contributed by atoms with Crippen LogP contribution in [0, 0.1) is 20.8 Å². The van der Waals surface area contributed by atoms with Gasteiger partial charge in [0, 0.05) is 83.6 Å². The quantitative estimate of drug-likeness (QED) is 0.0303. The number of guanidine groups is 2. The zero-order valence-corrected chi connectivity index (χ0v) is 52.5. The fourth-order valence-corrected chi connectivity index (χ4v) is 13.8. The van der Waals surface area contributed by atoms with Crippen LogP contribution in [-0.4, -0.2) is 95.8 Å². The first-order chi connectivity index (χ1) is 40.6. The molecule has 0 saturated heterocycles. The number of pyridine rings is 3. The Hall–Kier alpha value is -7.55. The number of aromatic nitrogens is 3. The first kappa shape index (κ1) is 66.0. The number of carbonyl (C=O) groups is 1. The van der Waals surface area contributed by atoms with E-state index in [-0.39, 0.29) is 61.5 Å². The maximum absolute atomic E-state index is 13.3. The predicted octanol–water partition coefficient (Wildman–Crippen LogP) is 10.8. The van der Waals surface area contributed by atoms with Crippen LogP contribution in [0.2, 0.25) is 20.2 Å². The van der Waals surface area contributed by atoms with Gasteiger partial charge in [-0.2, -0.15) is 22.9 Å². The van der Waals surface area contributed by atoms with Crippen LogP contribution in [0.15, 0.2) is 171 Å². The molecule has 0 radical (unpaired) electrons. The summed E-state index contributed by atoms with van der Waals surface area (Å²) in [4.78, 5) is 31.6. The molecule has 27 heteroatoms. The lowest BCUT2D eigenvalue weighted by Gasteiger charge is -2.21. The third-order valence-corrected chi connectivity index (χ3v) is 20.0. The molecule has 0 unspecified atom stereocenters. The average Bonchev–Trinajstić information content (AvgIpc) is 1.48. The number of carboxylic acids is 1. The topological polar surface area (TPSA) is 317 Å². The highest BCUT2D eigenvalue weighted by molar-refractivity contribution is 7.89. The summed E-state index contributed by atoms with van der Waals surface area (Å²) in [6.45, 7) is 9.94. The Balaban J connectivity index is 0.000000185. The maximum Gasteiger partial charge on any atom is 0.318 e. The largest absolute Gasteiger partial charge is 0.480 e. The van der Waals surface area contributed by atoms with E-state index in [0.717, 1.165) is 32.1 Å². The SMILES string of the molecule is CCN(Cc1ccc(C)cc1)S(=O)(=O)c1ccc2c(Cl)cnc(Cl)c2c1.CCN(Cc1ccc(C)cc1)S(=O)(=O)c1ccc2c(Cl)cnc(N=C(N)N)c2c1.Cc1ccc(CN(CC(=O)O)S(=O)(=O)c2ccc3c(Cl)cnc(N=C(N)N)c3c2)cc1. The lowest BCUT2D eigenvalue weighted by Crippen LogP contribution is -2.35. The van der Waals surface area contributed by atoms with Crippen LogP contribution >= 0.6 is 46.4 Å². The number of nitrogens with zero attached hydrogens (tertiary/aromatic N) is 8. The van der Waals surface area contributed by atoms with E-state index < -0.39 is 42.6 Å². The van der Waals surface area contributed by atoms with Gasteiger partial charge in [0.25, 0.3) is 0 Å². The van der Waals surface area contributed by atoms with E-state index in [1.807, 2.05) is 88.4 Å². The summed E-state index contributed by atoms with van der Waals surface area (Å²) >= 11 is 24.6. The van der Waals surface area contributed by atoms with Gasteiger partial charge in [0.15, 0.2) is 23.6 Å². The zero-order chi connectivity index (χ0) is 62.8. The van der Waals surface area contributed by atoms with E-state index in [4.69, 9.17) is 69.3 Å². The lowest BCUT2D eigenvalue weighted by atomic mass is 10.1. The van der Waals surface area contributed by atoms with Crippen molar-refractivity contribution in [3.05, 3.63) is 200 Å². The van der Waals surface area contributed by atoms with E-state index in [1.165, 1.54) is 63.6 Å². The van der Waals surface area contributed by atoms with Crippen molar-refractivity contribution < 1.29 is 35.2 Å². The van der Waals surface area contributed by atoms with Crippen molar-refractivity contribution in [1.29, 1.82) is 0 Å². The molecule has 0 spiro atoms. The monoisotopic (exact) mass is 1300 g/mol. The summed E-state index contributed by atoms with van der Waals surface area (Å²) in [6, 6.07) is 36.3. The van der Waals surface area contributed by atoms with E-state index in [1.54, 1.807) is 37.3 Å². The Labute approximate surface area is 518 Å². The van der Waals surface area contributed by atoms with Crippen molar-refractivity contribution in [2.24, 2.45) is 32.9 Å². The number of nitrogens with two attached hydrogens (primary N) is 4. The molecule has 86 heavy (non-hydrogen) atoms. The van der Waals surface area contributed by atoms with E-state index in [2.05, 4.69) is 24.9 Å². The molecular formula is C59H60Cl4N12O8S3. The molecular weight excluding hydrogens is 1240 g/mol. The summed E-state index contributed by atoms with van der Waals surface area (Å²) in [5, 5.41) is 13.7. The lowest BCUT2D eigenvalue weighted by molar-refractivity contribution is -0.137. The van der Waals surface area contributed by atoms with Crippen molar-refractivity contribution in [3.63, 3.8) is 0 Å². The van der Waals surface area contributed by atoms with Gasteiger partial charge in [0.1, 0.15) is 11.7 Å². The third kappa shape index (κ3) is 16.1. The molecule has 0 amide bonds. The van der Waals surface area contributed by atoms with Crippen LogP contribution in [-0.2, 0) is 54.5 Å². The van der Waals surface area contributed by atoms with Crippen molar-refractivity contribution in [3.8, 4) is 0 Å². The van der Waals surface area contributed by atoms with Crippen molar-refractivity contribution >= 4 is 138 Å². The highest BCUT2D eigenvalue weighted by Crippen LogP contribution is 2.35. The Bertz CT molecular complexity index is 4390. The second-order valence-electron chi connectivity index (χ2n) is 19.4. The van der Waals surface area contributed by atoms with Gasteiger partial charge in [-0.15, -0.1) is 0 Å². The highest BCUT2D eigenvalue weighted by atomic mass is 35.5. The zero-order valence-electron chi connectivity index (χ0n) is 47.0. The molecule has 0 aliphatic heterocycles. The summed E-state index contributed by atoms with van der Waals surface area (Å²) < 4.78 is 83.2. The van der Waals surface area contributed by atoms with E-state index >= 15 is 0 Å². The number of hydrogen-bond donors (Lipinski definition) is 5. The van der Waals surface area contributed by atoms with E-state index in [0.29, 0.717) is 67.6 Å². The van der Waals surface area contributed by atoms with Crippen LogP contribution in [0.3, 0.4) is 0 Å². The highest BCUT2D eigenvalue weighted by Gasteiger charge is 2.29. The fourth-order valence-electron chi connectivity index (χ4n) is 8.65. The normalized spacial score (nSPS) is 11.8. The number of rotatable bonds is 18. The minimum atomic E-state index is -4.18. The molecule has 9 N–H and O–H groups in total. The molecule has 0 atom stereocenters. The molecule has 450 valence electrons. The second-order valence-corrected chi connectivity index (χ2v) is 26.8. The molecule has 0 fully saturated rings. The number of aryl methyl sites for hydroxylation is 3. The number of carboxylic acid groups (broad SMARTS) is 1. The van der Waals surface area contributed by atoms with Crippen LogP contribution in [0.4, 0.5) is 11.6 Å². The number of fused-ring (bicyclic) bond motifs is 3. The first-order valence-corrected chi connectivity index (χ1v) is 31.9. The second kappa shape index (κ2) is 28.3. The Morgan fingerprint density at radius 2 is 0.756 bits per heavy atom. The molecule has 3 heterocycles. The van der Waals surface area contributed by atoms with Gasteiger partial charge in [-0.1, -0.05) is 168 Å².